The van der Waals surface area contributed by atoms with Gasteiger partial charge in [0.15, 0.2) is 0 Å². The molecule has 2 heterocycles. The van der Waals surface area contributed by atoms with E-state index in [1.54, 1.807) is 11.3 Å². The van der Waals surface area contributed by atoms with E-state index in [1.807, 2.05) is 5.38 Å². The lowest BCUT2D eigenvalue weighted by atomic mass is 9.98. The molecule has 0 unspecified atom stereocenters. The molecule has 0 aliphatic carbocycles. The number of anilines is 1. The molecule has 72 valence electrons. The molecule has 0 aromatic carbocycles. The Labute approximate surface area is 82.6 Å². The predicted molar refractivity (Wildman–Crippen MR) is 56.0 cm³/mol. The monoisotopic (exact) mass is 197 g/mol. The highest BCUT2D eigenvalue weighted by atomic mass is 32.1. The van der Waals surface area contributed by atoms with Crippen LogP contribution in [-0.4, -0.2) is 30.0 Å². The molecule has 4 heteroatoms. The zero-order valence-corrected chi connectivity index (χ0v) is 8.68. The summed E-state index contributed by atoms with van der Waals surface area (Å²) in [5.74, 6) is 1.33. The fraction of sp³-hybridized carbons (Fsp3) is 0.667. The third-order valence-corrected chi connectivity index (χ3v) is 3.63. The van der Waals surface area contributed by atoms with Gasteiger partial charge in [-0.25, -0.2) is 4.98 Å². The Morgan fingerprint density at radius 2 is 2.23 bits per heavy atom. The van der Waals surface area contributed by atoms with Gasteiger partial charge < -0.3 is 10.6 Å². The molecule has 1 aliphatic heterocycles. The summed E-state index contributed by atoms with van der Waals surface area (Å²) in [7, 11) is 2.17. The number of hydrogen-bond donors (Lipinski definition) is 1. The van der Waals surface area contributed by atoms with Gasteiger partial charge in [0.2, 0.25) is 0 Å². The molecule has 3 nitrogen and oxygen atoms in total. The van der Waals surface area contributed by atoms with Crippen LogP contribution in [0.25, 0.3) is 0 Å². The minimum absolute atomic E-state index is 0.651. The Morgan fingerprint density at radius 1 is 1.54 bits per heavy atom. The van der Waals surface area contributed by atoms with E-state index >= 15 is 0 Å². The van der Waals surface area contributed by atoms with E-state index in [2.05, 4.69) is 16.9 Å². The number of aromatic nitrogens is 1. The molecule has 0 amide bonds. The summed E-state index contributed by atoms with van der Waals surface area (Å²) < 4.78 is 0. The molecule has 2 rings (SSSR count). The Bertz CT molecular complexity index is 276. The van der Waals surface area contributed by atoms with E-state index < -0.39 is 0 Å². The van der Waals surface area contributed by atoms with Crippen LogP contribution in [0.15, 0.2) is 5.38 Å². The molecule has 1 aromatic heterocycles. The Kier molecular flexibility index (Phi) is 2.51. The van der Waals surface area contributed by atoms with E-state index in [0.717, 1.165) is 0 Å². The molecule has 13 heavy (non-hydrogen) atoms. The van der Waals surface area contributed by atoms with Crippen molar-refractivity contribution in [2.75, 3.05) is 25.9 Å². The zero-order chi connectivity index (χ0) is 9.26. The molecule has 1 aromatic rings. The van der Waals surface area contributed by atoms with Crippen LogP contribution in [0.1, 0.15) is 23.8 Å². The summed E-state index contributed by atoms with van der Waals surface area (Å²) in [6.45, 7) is 2.37. The van der Waals surface area contributed by atoms with Crippen molar-refractivity contribution < 1.29 is 0 Å². The lowest BCUT2D eigenvalue weighted by Gasteiger charge is -2.27. The topological polar surface area (TPSA) is 42.2 Å². The van der Waals surface area contributed by atoms with Crippen molar-refractivity contribution in [3.05, 3.63) is 10.4 Å². The van der Waals surface area contributed by atoms with Crippen molar-refractivity contribution in [1.29, 1.82) is 0 Å². The van der Waals surface area contributed by atoms with Crippen molar-refractivity contribution in [3.63, 3.8) is 0 Å². The van der Waals surface area contributed by atoms with Gasteiger partial charge in [-0.2, -0.15) is 0 Å². The van der Waals surface area contributed by atoms with E-state index in [9.17, 15) is 0 Å². The largest absolute Gasteiger partial charge is 0.383 e. The summed E-state index contributed by atoms with van der Waals surface area (Å²) >= 11 is 1.70. The maximum Gasteiger partial charge on any atom is 0.134 e. The van der Waals surface area contributed by atoms with Crippen molar-refractivity contribution in [2.45, 2.75) is 18.8 Å². The van der Waals surface area contributed by atoms with Gasteiger partial charge in [0.25, 0.3) is 0 Å². The fourth-order valence-electron chi connectivity index (χ4n) is 1.74. The van der Waals surface area contributed by atoms with Crippen molar-refractivity contribution >= 4 is 17.2 Å². The zero-order valence-electron chi connectivity index (χ0n) is 7.86. The molecule has 0 radical (unpaired) electrons. The molecular weight excluding hydrogens is 182 g/mol. The van der Waals surface area contributed by atoms with Gasteiger partial charge in [-0.15, -0.1) is 11.3 Å². The number of nitrogens with two attached hydrogens (primary N) is 1. The van der Waals surface area contributed by atoms with Crippen LogP contribution < -0.4 is 5.73 Å². The van der Waals surface area contributed by atoms with E-state index in [-0.39, 0.29) is 0 Å². The molecule has 0 bridgehead atoms. The standard InChI is InChI=1S/C9H15N3S/c1-12-4-2-7(3-5-12)9-11-8(10)6-13-9/h6-7H,2-5,10H2,1H3. The van der Waals surface area contributed by atoms with E-state index in [0.29, 0.717) is 11.7 Å². The summed E-state index contributed by atoms with van der Waals surface area (Å²) in [5, 5.41) is 3.17. The van der Waals surface area contributed by atoms with Crippen LogP contribution in [0, 0.1) is 0 Å². The molecule has 1 fully saturated rings. The SMILES string of the molecule is CN1CCC(c2nc(N)cs2)CC1. The molecule has 1 aliphatic rings. The number of nitrogens with zero attached hydrogens (tertiary/aromatic N) is 2. The number of piperidine rings is 1. The van der Waals surface area contributed by atoms with Gasteiger partial charge >= 0.3 is 0 Å². The van der Waals surface area contributed by atoms with Crippen LogP contribution >= 0.6 is 11.3 Å². The van der Waals surface area contributed by atoms with Gasteiger partial charge in [0.05, 0.1) is 5.01 Å². The highest BCUT2D eigenvalue weighted by Crippen LogP contribution is 2.30. The first-order chi connectivity index (χ1) is 6.25. The van der Waals surface area contributed by atoms with Crippen LogP contribution in [-0.2, 0) is 0 Å². The second kappa shape index (κ2) is 3.64. The number of nitrogen functional groups attached to an aromatic ring is 1. The molecule has 0 atom stereocenters. The lowest BCUT2D eigenvalue weighted by molar-refractivity contribution is 0.255. The minimum Gasteiger partial charge on any atom is -0.383 e. The lowest BCUT2D eigenvalue weighted by Crippen LogP contribution is -2.29. The normalized spacial score (nSPS) is 20.7. The van der Waals surface area contributed by atoms with Crippen LogP contribution in [0.2, 0.25) is 0 Å². The first-order valence-electron chi connectivity index (χ1n) is 4.65. The molecule has 1 saturated heterocycles. The maximum atomic E-state index is 5.60. The third-order valence-electron chi connectivity index (χ3n) is 2.61. The number of rotatable bonds is 1. The van der Waals surface area contributed by atoms with Gasteiger partial charge in [-0.3, -0.25) is 0 Å². The number of hydrogen-bond acceptors (Lipinski definition) is 4. The van der Waals surface area contributed by atoms with Crippen molar-refractivity contribution in [1.82, 2.24) is 9.88 Å². The predicted octanol–water partition coefficient (Wildman–Crippen LogP) is 1.53. The average Bonchev–Trinajstić information content (AvgIpc) is 2.53. The van der Waals surface area contributed by atoms with Gasteiger partial charge in [0, 0.05) is 11.3 Å². The highest BCUT2D eigenvalue weighted by Gasteiger charge is 2.20. The van der Waals surface area contributed by atoms with Crippen LogP contribution in [0.5, 0.6) is 0 Å². The Balaban J connectivity index is 2.02. The minimum atomic E-state index is 0.651. The number of likely N-dealkylation sites (tertiary alicyclic amines) is 1. The van der Waals surface area contributed by atoms with Gasteiger partial charge in [-0.1, -0.05) is 0 Å². The highest BCUT2D eigenvalue weighted by molar-refractivity contribution is 7.10. The molecule has 0 saturated carbocycles. The second-order valence-electron chi connectivity index (χ2n) is 3.69. The summed E-state index contributed by atoms with van der Waals surface area (Å²) in [6, 6.07) is 0. The second-order valence-corrected chi connectivity index (χ2v) is 4.58. The van der Waals surface area contributed by atoms with Crippen LogP contribution in [0.4, 0.5) is 5.82 Å². The first kappa shape index (κ1) is 8.97. The molecule has 0 spiro atoms. The van der Waals surface area contributed by atoms with Gasteiger partial charge in [-0.05, 0) is 33.0 Å². The number of thiazole rings is 1. The van der Waals surface area contributed by atoms with Gasteiger partial charge in [0.1, 0.15) is 5.82 Å². The summed E-state index contributed by atoms with van der Waals surface area (Å²) in [4.78, 5) is 6.71. The average molecular weight is 197 g/mol. The van der Waals surface area contributed by atoms with Crippen molar-refractivity contribution in [2.24, 2.45) is 0 Å². The Hall–Kier alpha value is -0.610. The summed E-state index contributed by atoms with van der Waals surface area (Å²) in [6.07, 6.45) is 2.45. The smallest absolute Gasteiger partial charge is 0.134 e. The fourth-order valence-corrected chi connectivity index (χ4v) is 2.62. The quantitative estimate of drug-likeness (QED) is 0.742. The van der Waals surface area contributed by atoms with Crippen molar-refractivity contribution in [3.8, 4) is 0 Å². The Morgan fingerprint density at radius 3 is 2.77 bits per heavy atom. The van der Waals surface area contributed by atoms with E-state index in [1.165, 1.54) is 30.9 Å². The third kappa shape index (κ3) is 2.00. The molecular formula is C9H15N3S. The maximum absolute atomic E-state index is 5.60. The van der Waals surface area contributed by atoms with E-state index in [4.69, 9.17) is 5.73 Å². The molecule has 2 N–H and O–H groups in total. The summed E-state index contributed by atoms with van der Waals surface area (Å²) in [5.41, 5.74) is 5.60. The first-order valence-corrected chi connectivity index (χ1v) is 5.53. The van der Waals surface area contributed by atoms with Crippen LogP contribution in [0.3, 0.4) is 0 Å².